The third-order valence-corrected chi connectivity index (χ3v) is 6.42. The Morgan fingerprint density at radius 2 is 1.47 bits per heavy atom. The van der Waals surface area contributed by atoms with Crippen LogP contribution in [0.5, 0.6) is 0 Å². The molecule has 2 N–H and O–H groups in total. The van der Waals surface area contributed by atoms with Gasteiger partial charge >= 0.3 is 0 Å². The second-order valence-electron chi connectivity index (χ2n) is 6.96. The van der Waals surface area contributed by atoms with E-state index < -0.39 is 22.0 Å². The van der Waals surface area contributed by atoms with Gasteiger partial charge in [-0.05, 0) is 48.7 Å². The molecule has 0 fully saturated rings. The smallest absolute Gasteiger partial charge is 0.241 e. The zero-order chi connectivity index (χ0) is 21.6. The SMILES string of the molecule is CC(NC(=O)C(Cc1ccccc1)NS(=O)(=O)c1ccc(Cl)cc1)c1ccccc1. The minimum Gasteiger partial charge on any atom is -0.348 e. The number of rotatable bonds is 8. The summed E-state index contributed by atoms with van der Waals surface area (Å²) in [4.78, 5) is 13.1. The van der Waals surface area contributed by atoms with Gasteiger partial charge in [-0.1, -0.05) is 72.3 Å². The Bertz CT molecular complexity index is 1070. The van der Waals surface area contributed by atoms with E-state index in [4.69, 9.17) is 11.6 Å². The van der Waals surface area contributed by atoms with E-state index in [0.29, 0.717) is 5.02 Å². The number of sulfonamides is 1. The molecule has 0 spiro atoms. The van der Waals surface area contributed by atoms with Crippen molar-refractivity contribution in [1.82, 2.24) is 10.0 Å². The van der Waals surface area contributed by atoms with Crippen molar-refractivity contribution in [3.63, 3.8) is 0 Å². The van der Waals surface area contributed by atoms with Crippen LogP contribution >= 0.6 is 11.6 Å². The first-order chi connectivity index (χ1) is 14.3. The minimum absolute atomic E-state index is 0.0499. The summed E-state index contributed by atoms with van der Waals surface area (Å²) in [6.45, 7) is 1.86. The van der Waals surface area contributed by atoms with Gasteiger partial charge in [-0.25, -0.2) is 8.42 Å². The summed E-state index contributed by atoms with van der Waals surface area (Å²) in [7, 11) is -3.91. The summed E-state index contributed by atoms with van der Waals surface area (Å²) < 4.78 is 28.3. The van der Waals surface area contributed by atoms with Gasteiger partial charge in [0.15, 0.2) is 0 Å². The maximum absolute atomic E-state index is 13.0. The van der Waals surface area contributed by atoms with Crippen LogP contribution in [-0.2, 0) is 21.2 Å². The molecule has 0 heterocycles. The van der Waals surface area contributed by atoms with Crippen molar-refractivity contribution in [1.29, 1.82) is 0 Å². The molecule has 5 nitrogen and oxygen atoms in total. The molecule has 3 rings (SSSR count). The summed E-state index contributed by atoms with van der Waals surface area (Å²) in [5.74, 6) is -0.396. The van der Waals surface area contributed by atoms with Gasteiger partial charge in [-0.15, -0.1) is 0 Å². The second kappa shape index (κ2) is 9.89. The molecule has 0 aliphatic heterocycles. The van der Waals surface area contributed by atoms with Crippen LogP contribution in [0.1, 0.15) is 24.1 Å². The zero-order valence-corrected chi connectivity index (χ0v) is 18.0. The summed E-state index contributed by atoms with van der Waals surface area (Å²) in [5, 5.41) is 3.35. The first-order valence-corrected chi connectivity index (χ1v) is 11.4. The highest BCUT2D eigenvalue weighted by atomic mass is 35.5. The molecule has 0 radical (unpaired) electrons. The van der Waals surface area contributed by atoms with E-state index in [-0.39, 0.29) is 17.4 Å². The Balaban J connectivity index is 1.82. The van der Waals surface area contributed by atoms with E-state index in [1.54, 1.807) is 0 Å². The van der Waals surface area contributed by atoms with Gasteiger partial charge in [-0.2, -0.15) is 4.72 Å². The maximum Gasteiger partial charge on any atom is 0.241 e. The lowest BCUT2D eigenvalue weighted by molar-refractivity contribution is -0.123. The molecule has 156 valence electrons. The van der Waals surface area contributed by atoms with Crippen LogP contribution in [0.3, 0.4) is 0 Å². The van der Waals surface area contributed by atoms with Gasteiger partial charge in [0.25, 0.3) is 0 Å². The molecule has 0 aromatic heterocycles. The molecule has 30 heavy (non-hydrogen) atoms. The average molecular weight is 443 g/mol. The predicted octanol–water partition coefficient (Wildman–Crippen LogP) is 4.11. The molecule has 0 saturated heterocycles. The highest BCUT2D eigenvalue weighted by Gasteiger charge is 2.27. The van der Waals surface area contributed by atoms with Crippen molar-refractivity contribution in [2.75, 3.05) is 0 Å². The van der Waals surface area contributed by atoms with E-state index in [1.807, 2.05) is 67.6 Å². The van der Waals surface area contributed by atoms with Gasteiger partial charge in [-0.3, -0.25) is 4.79 Å². The normalized spacial score (nSPS) is 13.4. The zero-order valence-electron chi connectivity index (χ0n) is 16.5. The Morgan fingerprint density at radius 3 is 2.07 bits per heavy atom. The highest BCUT2D eigenvalue weighted by molar-refractivity contribution is 7.89. The molecule has 3 aromatic rings. The van der Waals surface area contributed by atoms with Crippen molar-refractivity contribution < 1.29 is 13.2 Å². The van der Waals surface area contributed by atoms with Crippen LogP contribution < -0.4 is 10.0 Å². The summed E-state index contributed by atoms with van der Waals surface area (Å²) >= 11 is 5.86. The molecule has 2 atom stereocenters. The molecular weight excluding hydrogens is 420 g/mol. The van der Waals surface area contributed by atoms with Crippen molar-refractivity contribution in [2.45, 2.75) is 30.3 Å². The van der Waals surface area contributed by atoms with Crippen LogP contribution in [0.4, 0.5) is 0 Å². The van der Waals surface area contributed by atoms with Gasteiger partial charge in [0.1, 0.15) is 6.04 Å². The quantitative estimate of drug-likeness (QED) is 0.551. The largest absolute Gasteiger partial charge is 0.348 e. The van der Waals surface area contributed by atoms with Crippen LogP contribution in [0.25, 0.3) is 0 Å². The van der Waals surface area contributed by atoms with E-state index in [1.165, 1.54) is 24.3 Å². The van der Waals surface area contributed by atoms with E-state index in [0.717, 1.165) is 11.1 Å². The Hall–Kier alpha value is -2.67. The Labute approximate surface area is 182 Å². The van der Waals surface area contributed by atoms with Gasteiger partial charge in [0, 0.05) is 5.02 Å². The Morgan fingerprint density at radius 1 is 0.900 bits per heavy atom. The fourth-order valence-corrected chi connectivity index (χ4v) is 4.37. The number of hydrogen-bond acceptors (Lipinski definition) is 3. The fraction of sp³-hybridized carbons (Fsp3) is 0.174. The first-order valence-electron chi connectivity index (χ1n) is 9.52. The van der Waals surface area contributed by atoms with Crippen molar-refractivity contribution in [3.05, 3.63) is 101 Å². The van der Waals surface area contributed by atoms with Crippen LogP contribution in [0.2, 0.25) is 5.02 Å². The molecule has 7 heteroatoms. The third-order valence-electron chi connectivity index (χ3n) is 4.68. The van der Waals surface area contributed by atoms with Crippen LogP contribution in [0, 0.1) is 0 Å². The fourth-order valence-electron chi connectivity index (χ4n) is 3.05. The predicted molar refractivity (Wildman–Crippen MR) is 119 cm³/mol. The van der Waals surface area contributed by atoms with E-state index in [9.17, 15) is 13.2 Å². The van der Waals surface area contributed by atoms with Crippen molar-refractivity contribution in [3.8, 4) is 0 Å². The van der Waals surface area contributed by atoms with Gasteiger partial charge in [0.05, 0.1) is 10.9 Å². The standard InChI is InChI=1S/C23H23ClN2O3S/c1-17(19-10-6-3-7-11-19)25-23(27)22(16-18-8-4-2-5-9-18)26-30(28,29)21-14-12-20(24)13-15-21/h2-15,17,22,26H,16H2,1H3,(H,25,27). The van der Waals surface area contributed by atoms with E-state index in [2.05, 4.69) is 10.0 Å². The molecule has 0 aliphatic carbocycles. The molecule has 2 unspecified atom stereocenters. The van der Waals surface area contributed by atoms with Gasteiger partial charge in [0.2, 0.25) is 15.9 Å². The summed E-state index contributed by atoms with van der Waals surface area (Å²) in [5.41, 5.74) is 1.79. The molecular formula is C23H23ClN2O3S. The Kier molecular flexibility index (Phi) is 7.26. The van der Waals surface area contributed by atoms with Crippen molar-refractivity contribution in [2.24, 2.45) is 0 Å². The topological polar surface area (TPSA) is 75.3 Å². The maximum atomic E-state index is 13.0. The van der Waals surface area contributed by atoms with Gasteiger partial charge < -0.3 is 5.32 Å². The molecule has 3 aromatic carbocycles. The van der Waals surface area contributed by atoms with Crippen LogP contribution in [-0.4, -0.2) is 20.4 Å². The average Bonchev–Trinajstić information content (AvgIpc) is 2.74. The number of hydrogen-bond donors (Lipinski definition) is 2. The summed E-state index contributed by atoms with van der Waals surface area (Å²) in [6.07, 6.45) is 0.223. The number of carbonyl (C=O) groups is 1. The monoisotopic (exact) mass is 442 g/mol. The number of halogens is 1. The number of carbonyl (C=O) groups excluding carboxylic acids is 1. The molecule has 0 saturated carbocycles. The molecule has 1 amide bonds. The molecule has 0 aliphatic rings. The van der Waals surface area contributed by atoms with Crippen molar-refractivity contribution >= 4 is 27.5 Å². The lowest BCUT2D eigenvalue weighted by Crippen LogP contribution is -2.48. The third kappa shape index (κ3) is 5.92. The molecule has 0 bridgehead atoms. The minimum atomic E-state index is -3.91. The second-order valence-corrected chi connectivity index (χ2v) is 9.11. The van der Waals surface area contributed by atoms with E-state index >= 15 is 0 Å². The summed E-state index contributed by atoms with van der Waals surface area (Å²) in [6, 6.07) is 23.4. The first kappa shape index (κ1) is 22.0. The lowest BCUT2D eigenvalue weighted by Gasteiger charge is -2.22. The lowest BCUT2D eigenvalue weighted by atomic mass is 10.0. The highest BCUT2D eigenvalue weighted by Crippen LogP contribution is 2.16. The van der Waals surface area contributed by atoms with Crippen LogP contribution in [0.15, 0.2) is 89.8 Å². The number of nitrogens with one attached hydrogen (secondary N) is 2. The number of amides is 1. The number of benzene rings is 3.